The quantitative estimate of drug-likeness (QED) is 0.787. The fourth-order valence-electron chi connectivity index (χ4n) is 0.965. The largest absolute Gasteiger partial charge is 0.481 e. The minimum Gasteiger partial charge on any atom is -0.481 e. The number of anilines is 1. The lowest BCUT2D eigenvalue weighted by atomic mass is 10.1. The van der Waals surface area contributed by atoms with Gasteiger partial charge >= 0.3 is 0 Å². The lowest BCUT2D eigenvalue weighted by Crippen LogP contribution is -2.20. The Hall–Kier alpha value is -1.03. The summed E-state index contributed by atoms with van der Waals surface area (Å²) in [4.78, 5) is 8.18. The van der Waals surface area contributed by atoms with Crippen molar-refractivity contribution in [2.45, 2.75) is 19.2 Å². The molecule has 0 aliphatic carbocycles. The fourth-order valence-corrected chi connectivity index (χ4v) is 1.04. The summed E-state index contributed by atoms with van der Waals surface area (Å²) in [5.41, 5.74) is 0. The van der Waals surface area contributed by atoms with Crippen LogP contribution in [0.25, 0.3) is 0 Å². The van der Waals surface area contributed by atoms with Crippen molar-refractivity contribution < 1.29 is 4.74 Å². The SMILES string of the molecule is COc1ccnc(NCC(Cl)C(C)C)n1. The number of rotatable bonds is 5. The number of aromatic nitrogens is 2. The van der Waals surface area contributed by atoms with E-state index < -0.39 is 0 Å². The van der Waals surface area contributed by atoms with Crippen molar-refractivity contribution in [2.24, 2.45) is 5.92 Å². The Morgan fingerprint density at radius 1 is 1.53 bits per heavy atom. The van der Waals surface area contributed by atoms with Crippen LogP contribution in [0.15, 0.2) is 12.3 Å². The Balaban J connectivity index is 2.50. The number of methoxy groups -OCH3 is 1. The van der Waals surface area contributed by atoms with Crippen LogP contribution in [0.4, 0.5) is 5.95 Å². The fraction of sp³-hybridized carbons (Fsp3) is 0.600. The molecule has 84 valence electrons. The van der Waals surface area contributed by atoms with Crippen molar-refractivity contribution in [1.29, 1.82) is 0 Å². The van der Waals surface area contributed by atoms with Gasteiger partial charge in [-0.25, -0.2) is 4.98 Å². The predicted octanol–water partition coefficient (Wildman–Crippen LogP) is 2.16. The molecule has 0 spiro atoms. The third-order valence-electron chi connectivity index (χ3n) is 2.02. The molecule has 1 heterocycles. The Kier molecular flexibility index (Phi) is 4.62. The van der Waals surface area contributed by atoms with Gasteiger partial charge in [0.25, 0.3) is 0 Å². The molecule has 0 radical (unpaired) electrons. The summed E-state index contributed by atoms with van der Waals surface area (Å²) in [7, 11) is 1.57. The molecule has 0 saturated carbocycles. The van der Waals surface area contributed by atoms with Gasteiger partial charge in [0.2, 0.25) is 11.8 Å². The molecule has 1 aromatic heterocycles. The zero-order valence-corrected chi connectivity index (χ0v) is 9.95. The van der Waals surface area contributed by atoms with Gasteiger partial charge in [-0.3, -0.25) is 0 Å². The monoisotopic (exact) mass is 229 g/mol. The summed E-state index contributed by atoms with van der Waals surface area (Å²) in [6.07, 6.45) is 1.65. The van der Waals surface area contributed by atoms with E-state index in [9.17, 15) is 0 Å². The second kappa shape index (κ2) is 5.75. The minimum absolute atomic E-state index is 0.0693. The molecule has 15 heavy (non-hydrogen) atoms. The van der Waals surface area contributed by atoms with Gasteiger partial charge in [0.15, 0.2) is 0 Å². The zero-order chi connectivity index (χ0) is 11.3. The maximum absolute atomic E-state index is 6.09. The smallest absolute Gasteiger partial charge is 0.225 e. The molecular weight excluding hydrogens is 214 g/mol. The molecule has 0 fully saturated rings. The Morgan fingerprint density at radius 3 is 2.87 bits per heavy atom. The molecule has 0 bridgehead atoms. The van der Waals surface area contributed by atoms with Crippen LogP contribution in [0.2, 0.25) is 0 Å². The summed E-state index contributed by atoms with van der Waals surface area (Å²) in [5.74, 6) is 1.51. The molecular formula is C10H16ClN3O. The number of halogens is 1. The Morgan fingerprint density at radius 2 is 2.27 bits per heavy atom. The second-order valence-corrected chi connectivity index (χ2v) is 4.12. The van der Waals surface area contributed by atoms with Crippen molar-refractivity contribution in [2.75, 3.05) is 19.0 Å². The number of ether oxygens (including phenoxy) is 1. The first-order chi connectivity index (χ1) is 7.13. The van der Waals surface area contributed by atoms with E-state index in [1.54, 1.807) is 19.4 Å². The van der Waals surface area contributed by atoms with Crippen LogP contribution in [0.5, 0.6) is 5.88 Å². The molecule has 1 unspecified atom stereocenters. The van der Waals surface area contributed by atoms with Crippen LogP contribution in [0.1, 0.15) is 13.8 Å². The molecule has 0 saturated heterocycles. The minimum atomic E-state index is 0.0693. The average molecular weight is 230 g/mol. The molecule has 1 N–H and O–H groups in total. The van der Waals surface area contributed by atoms with E-state index in [0.717, 1.165) is 0 Å². The average Bonchev–Trinajstić information content (AvgIpc) is 2.26. The van der Waals surface area contributed by atoms with Crippen LogP contribution in [0.3, 0.4) is 0 Å². The van der Waals surface area contributed by atoms with Crippen LogP contribution >= 0.6 is 11.6 Å². The Labute approximate surface area is 95.0 Å². The summed E-state index contributed by atoms with van der Waals surface area (Å²) < 4.78 is 4.99. The van der Waals surface area contributed by atoms with Gasteiger partial charge in [-0.15, -0.1) is 11.6 Å². The van der Waals surface area contributed by atoms with Crippen molar-refractivity contribution in [3.8, 4) is 5.88 Å². The number of nitrogens with zero attached hydrogens (tertiary/aromatic N) is 2. The predicted molar refractivity (Wildman–Crippen MR) is 61.6 cm³/mol. The van der Waals surface area contributed by atoms with E-state index in [2.05, 4.69) is 29.1 Å². The number of alkyl halides is 1. The standard InChI is InChI=1S/C10H16ClN3O/c1-7(2)8(11)6-13-10-12-5-4-9(14-10)15-3/h4-5,7-8H,6H2,1-3H3,(H,12,13,14). The normalized spacial score (nSPS) is 12.6. The van der Waals surface area contributed by atoms with Gasteiger partial charge in [-0.05, 0) is 5.92 Å². The van der Waals surface area contributed by atoms with Crippen LogP contribution in [0, 0.1) is 5.92 Å². The number of hydrogen-bond acceptors (Lipinski definition) is 4. The van der Waals surface area contributed by atoms with Crippen molar-refractivity contribution >= 4 is 17.5 Å². The van der Waals surface area contributed by atoms with E-state index in [-0.39, 0.29) is 5.38 Å². The lowest BCUT2D eigenvalue weighted by Gasteiger charge is -2.13. The molecule has 1 aromatic rings. The highest BCUT2D eigenvalue weighted by molar-refractivity contribution is 6.21. The highest BCUT2D eigenvalue weighted by Gasteiger charge is 2.09. The lowest BCUT2D eigenvalue weighted by molar-refractivity contribution is 0.397. The third-order valence-corrected chi connectivity index (χ3v) is 2.68. The summed E-state index contributed by atoms with van der Waals surface area (Å²) in [6.45, 7) is 4.80. The first-order valence-corrected chi connectivity index (χ1v) is 5.32. The zero-order valence-electron chi connectivity index (χ0n) is 9.20. The van der Waals surface area contributed by atoms with Crippen LogP contribution in [-0.4, -0.2) is 29.0 Å². The molecule has 0 aromatic carbocycles. The molecule has 5 heteroatoms. The molecule has 1 rings (SSSR count). The van der Waals surface area contributed by atoms with Crippen LogP contribution in [-0.2, 0) is 0 Å². The van der Waals surface area contributed by atoms with Gasteiger partial charge in [0.05, 0.1) is 12.5 Å². The summed E-state index contributed by atoms with van der Waals surface area (Å²) in [5, 5.41) is 3.14. The maximum Gasteiger partial charge on any atom is 0.225 e. The first-order valence-electron chi connectivity index (χ1n) is 4.88. The topological polar surface area (TPSA) is 47.0 Å². The van der Waals surface area contributed by atoms with Crippen molar-refractivity contribution in [3.05, 3.63) is 12.3 Å². The molecule has 0 aliphatic rings. The van der Waals surface area contributed by atoms with Gasteiger partial charge in [-0.2, -0.15) is 4.98 Å². The van der Waals surface area contributed by atoms with E-state index in [1.165, 1.54) is 0 Å². The second-order valence-electron chi connectivity index (χ2n) is 3.56. The Bertz CT molecular complexity index is 306. The van der Waals surface area contributed by atoms with Gasteiger partial charge in [0, 0.05) is 18.8 Å². The number of nitrogens with one attached hydrogen (secondary N) is 1. The number of hydrogen-bond donors (Lipinski definition) is 1. The van der Waals surface area contributed by atoms with E-state index in [1.807, 2.05) is 0 Å². The highest BCUT2D eigenvalue weighted by Crippen LogP contribution is 2.11. The van der Waals surface area contributed by atoms with E-state index >= 15 is 0 Å². The van der Waals surface area contributed by atoms with E-state index in [0.29, 0.717) is 24.3 Å². The van der Waals surface area contributed by atoms with Crippen molar-refractivity contribution in [3.63, 3.8) is 0 Å². The van der Waals surface area contributed by atoms with Gasteiger partial charge in [-0.1, -0.05) is 13.8 Å². The first kappa shape index (κ1) is 12.0. The summed E-state index contributed by atoms with van der Waals surface area (Å²) >= 11 is 6.09. The van der Waals surface area contributed by atoms with Gasteiger partial charge in [0.1, 0.15) is 0 Å². The van der Waals surface area contributed by atoms with E-state index in [4.69, 9.17) is 16.3 Å². The molecule has 1 atom stereocenters. The van der Waals surface area contributed by atoms with Crippen molar-refractivity contribution in [1.82, 2.24) is 9.97 Å². The van der Waals surface area contributed by atoms with Crippen LogP contribution < -0.4 is 10.1 Å². The highest BCUT2D eigenvalue weighted by atomic mass is 35.5. The molecule has 0 amide bonds. The molecule has 4 nitrogen and oxygen atoms in total. The summed E-state index contributed by atoms with van der Waals surface area (Å²) in [6, 6.07) is 1.70. The third kappa shape index (κ3) is 3.91. The molecule has 0 aliphatic heterocycles. The maximum atomic E-state index is 6.09. The van der Waals surface area contributed by atoms with Gasteiger partial charge < -0.3 is 10.1 Å².